The molecule has 0 aliphatic heterocycles. The third-order valence-electron chi connectivity index (χ3n) is 4.68. The van der Waals surface area contributed by atoms with Crippen LogP contribution in [0.2, 0.25) is 0 Å². The second-order valence-corrected chi connectivity index (χ2v) is 6.04. The van der Waals surface area contributed by atoms with Gasteiger partial charge in [-0.15, -0.1) is 0 Å². The van der Waals surface area contributed by atoms with E-state index in [4.69, 9.17) is 4.74 Å². The van der Waals surface area contributed by atoms with Crippen molar-refractivity contribution in [1.29, 1.82) is 0 Å². The summed E-state index contributed by atoms with van der Waals surface area (Å²) in [6.45, 7) is 4.30. The van der Waals surface area contributed by atoms with Crippen LogP contribution in [0, 0.1) is 23.7 Å². The van der Waals surface area contributed by atoms with Crippen molar-refractivity contribution >= 4 is 11.9 Å². The molecule has 2 aliphatic rings. The van der Waals surface area contributed by atoms with E-state index in [-0.39, 0.29) is 17.8 Å². The van der Waals surface area contributed by atoms with Crippen molar-refractivity contribution in [3.63, 3.8) is 0 Å². The zero-order valence-corrected chi connectivity index (χ0v) is 12.3. The molecule has 4 nitrogen and oxygen atoms in total. The van der Waals surface area contributed by atoms with Gasteiger partial charge in [-0.1, -0.05) is 26.0 Å². The van der Waals surface area contributed by atoms with Crippen molar-refractivity contribution in [1.82, 2.24) is 0 Å². The molecule has 20 heavy (non-hydrogen) atoms. The van der Waals surface area contributed by atoms with E-state index in [1.165, 1.54) is 7.11 Å². The van der Waals surface area contributed by atoms with Crippen LogP contribution >= 0.6 is 0 Å². The molecule has 2 aliphatic carbocycles. The van der Waals surface area contributed by atoms with Crippen LogP contribution in [0.25, 0.3) is 0 Å². The number of carboxylic acids is 1. The Labute approximate surface area is 119 Å². The summed E-state index contributed by atoms with van der Waals surface area (Å²) in [5.74, 6) is -0.384. The van der Waals surface area contributed by atoms with E-state index in [1.807, 2.05) is 12.2 Å². The lowest BCUT2D eigenvalue weighted by molar-refractivity contribution is -0.137. The van der Waals surface area contributed by atoms with E-state index >= 15 is 0 Å². The lowest BCUT2D eigenvalue weighted by Crippen LogP contribution is -2.23. The minimum atomic E-state index is -0.857. The van der Waals surface area contributed by atoms with Crippen molar-refractivity contribution < 1.29 is 19.4 Å². The Bertz CT molecular complexity index is 473. The minimum absolute atomic E-state index is 0.0142. The number of carboxylic acid groups (broad SMARTS) is 1. The van der Waals surface area contributed by atoms with Gasteiger partial charge in [-0.25, -0.2) is 9.59 Å². The average Bonchev–Trinajstić information content (AvgIpc) is 2.69. The Balaban J connectivity index is 2.33. The maximum atomic E-state index is 11.9. The van der Waals surface area contributed by atoms with Gasteiger partial charge in [0.25, 0.3) is 0 Å². The Morgan fingerprint density at radius 2 is 1.85 bits per heavy atom. The van der Waals surface area contributed by atoms with Gasteiger partial charge in [0.2, 0.25) is 0 Å². The van der Waals surface area contributed by atoms with Crippen LogP contribution in [0.5, 0.6) is 0 Å². The zero-order chi connectivity index (χ0) is 14.9. The molecule has 110 valence electrons. The molecule has 0 aromatic rings. The first kappa shape index (κ1) is 14.8. The van der Waals surface area contributed by atoms with E-state index < -0.39 is 5.97 Å². The highest BCUT2D eigenvalue weighted by molar-refractivity contribution is 5.92. The largest absolute Gasteiger partial charge is 0.478 e. The molecule has 0 bridgehead atoms. The lowest BCUT2D eigenvalue weighted by atomic mass is 9.79. The molecule has 0 aromatic heterocycles. The quantitative estimate of drug-likeness (QED) is 0.806. The van der Waals surface area contributed by atoms with Gasteiger partial charge in [-0.3, -0.25) is 0 Å². The van der Waals surface area contributed by atoms with Gasteiger partial charge >= 0.3 is 11.9 Å². The van der Waals surface area contributed by atoms with E-state index in [0.29, 0.717) is 29.4 Å². The van der Waals surface area contributed by atoms with Crippen molar-refractivity contribution in [2.45, 2.75) is 33.1 Å². The number of hydrogen-bond acceptors (Lipinski definition) is 3. The molecule has 0 spiro atoms. The molecule has 0 aromatic carbocycles. The van der Waals surface area contributed by atoms with Crippen LogP contribution in [-0.4, -0.2) is 24.2 Å². The van der Waals surface area contributed by atoms with Gasteiger partial charge in [-0.2, -0.15) is 0 Å². The molecule has 1 N–H and O–H groups in total. The second kappa shape index (κ2) is 5.81. The summed E-state index contributed by atoms with van der Waals surface area (Å²) in [5, 5.41) is 9.41. The predicted molar refractivity (Wildman–Crippen MR) is 75.0 cm³/mol. The van der Waals surface area contributed by atoms with Crippen molar-refractivity contribution in [3.8, 4) is 0 Å². The van der Waals surface area contributed by atoms with Gasteiger partial charge in [0, 0.05) is 17.1 Å². The maximum Gasteiger partial charge on any atom is 0.333 e. The topological polar surface area (TPSA) is 63.6 Å². The number of aliphatic carboxylic acids is 1. The molecule has 3 unspecified atom stereocenters. The molecule has 4 heteroatoms. The second-order valence-electron chi connectivity index (χ2n) is 6.04. The molecular formula is C16H22O4. The minimum Gasteiger partial charge on any atom is -0.478 e. The molecule has 3 atom stereocenters. The first-order valence-corrected chi connectivity index (χ1v) is 7.17. The van der Waals surface area contributed by atoms with E-state index in [0.717, 1.165) is 12.8 Å². The van der Waals surface area contributed by atoms with Crippen LogP contribution in [0.15, 0.2) is 23.3 Å². The van der Waals surface area contributed by atoms with Gasteiger partial charge < -0.3 is 9.84 Å². The smallest absolute Gasteiger partial charge is 0.333 e. The summed E-state index contributed by atoms with van der Waals surface area (Å²) in [7, 11) is 1.38. The standard InChI is InChI=1S/C16H22O4/c1-9(2)10-4-5-12(15(17)18)11-6-7-13(14(11)8-10)16(19)20-3/h5,7,9-11,14H,4,6,8H2,1-3H3,(H,17,18). The number of carbonyl (C=O) groups is 2. The summed E-state index contributed by atoms with van der Waals surface area (Å²) in [4.78, 5) is 23.3. The van der Waals surface area contributed by atoms with Crippen LogP contribution in [0.1, 0.15) is 33.1 Å². The molecule has 0 heterocycles. The van der Waals surface area contributed by atoms with Crippen LogP contribution in [0.4, 0.5) is 0 Å². The first-order valence-electron chi connectivity index (χ1n) is 7.17. The number of esters is 1. The molecule has 2 rings (SSSR count). The fourth-order valence-corrected chi connectivity index (χ4v) is 3.42. The summed E-state index contributed by atoms with van der Waals surface area (Å²) in [5.41, 5.74) is 1.13. The third-order valence-corrected chi connectivity index (χ3v) is 4.68. The molecule has 0 radical (unpaired) electrons. The molecule has 0 fully saturated rings. The Kier molecular flexibility index (Phi) is 4.31. The highest BCUT2D eigenvalue weighted by Crippen LogP contribution is 2.45. The van der Waals surface area contributed by atoms with Crippen molar-refractivity contribution in [2.75, 3.05) is 7.11 Å². The highest BCUT2D eigenvalue weighted by atomic mass is 16.5. The molecule has 0 amide bonds. The van der Waals surface area contributed by atoms with Crippen LogP contribution in [0.3, 0.4) is 0 Å². The van der Waals surface area contributed by atoms with E-state index in [2.05, 4.69) is 13.8 Å². The fraction of sp³-hybridized carbons (Fsp3) is 0.625. The number of methoxy groups -OCH3 is 1. The SMILES string of the molecule is COC(=O)C1=CCC2C(C(=O)O)=CCC(C(C)C)CC12. The third kappa shape index (κ3) is 2.65. The number of rotatable bonds is 3. The van der Waals surface area contributed by atoms with Gasteiger partial charge in [0.1, 0.15) is 0 Å². The van der Waals surface area contributed by atoms with Crippen LogP contribution in [-0.2, 0) is 14.3 Å². The van der Waals surface area contributed by atoms with E-state index in [9.17, 15) is 14.7 Å². The summed E-state index contributed by atoms with van der Waals surface area (Å²) >= 11 is 0. The first-order chi connectivity index (χ1) is 9.45. The lowest BCUT2D eigenvalue weighted by Gasteiger charge is -2.25. The van der Waals surface area contributed by atoms with Crippen molar-refractivity contribution in [2.24, 2.45) is 23.7 Å². The number of fused-ring (bicyclic) bond motifs is 1. The number of allylic oxidation sites excluding steroid dienone is 2. The zero-order valence-electron chi connectivity index (χ0n) is 12.3. The summed E-state index contributed by atoms with van der Waals surface area (Å²) < 4.78 is 4.84. The van der Waals surface area contributed by atoms with Crippen LogP contribution < -0.4 is 0 Å². The maximum absolute atomic E-state index is 11.9. The normalized spacial score (nSPS) is 29.3. The number of hydrogen-bond donors (Lipinski definition) is 1. The summed E-state index contributed by atoms with van der Waals surface area (Å²) in [6, 6.07) is 0. The fourth-order valence-electron chi connectivity index (χ4n) is 3.42. The monoisotopic (exact) mass is 278 g/mol. The van der Waals surface area contributed by atoms with E-state index in [1.54, 1.807) is 0 Å². The summed E-state index contributed by atoms with van der Waals surface area (Å²) in [6.07, 6.45) is 5.99. The predicted octanol–water partition coefficient (Wildman–Crippen LogP) is 2.80. The Morgan fingerprint density at radius 3 is 2.40 bits per heavy atom. The average molecular weight is 278 g/mol. The highest BCUT2D eigenvalue weighted by Gasteiger charge is 2.41. The number of ether oxygens (including phenoxy) is 1. The molecule has 0 saturated carbocycles. The Hall–Kier alpha value is -1.58. The van der Waals surface area contributed by atoms with Gasteiger partial charge in [0.15, 0.2) is 0 Å². The van der Waals surface area contributed by atoms with Crippen molar-refractivity contribution in [3.05, 3.63) is 23.3 Å². The van der Waals surface area contributed by atoms with Gasteiger partial charge in [-0.05, 0) is 37.0 Å². The molecule has 0 saturated heterocycles. The number of carbonyl (C=O) groups excluding carboxylic acids is 1. The van der Waals surface area contributed by atoms with Gasteiger partial charge in [0.05, 0.1) is 7.11 Å². The Morgan fingerprint density at radius 1 is 1.20 bits per heavy atom. The molecular weight excluding hydrogens is 256 g/mol.